The third-order valence-corrected chi connectivity index (χ3v) is 5.18. The van der Waals surface area contributed by atoms with Crippen LogP contribution in [0.3, 0.4) is 0 Å². The molecule has 1 aromatic carbocycles. The Kier molecular flexibility index (Phi) is 4.08. The largest absolute Gasteiger partial charge is 0.394 e. The van der Waals surface area contributed by atoms with Crippen molar-refractivity contribution in [2.45, 2.75) is 19.4 Å². The highest BCUT2D eigenvalue weighted by Gasteiger charge is 2.35. The summed E-state index contributed by atoms with van der Waals surface area (Å²) in [6.07, 6.45) is 0.961. The summed E-state index contributed by atoms with van der Waals surface area (Å²) in [7, 11) is 0. The Morgan fingerprint density at radius 1 is 1.33 bits per heavy atom. The molecule has 0 saturated carbocycles. The van der Waals surface area contributed by atoms with Crippen LogP contribution in [-0.2, 0) is 0 Å². The van der Waals surface area contributed by atoms with Gasteiger partial charge in [0.1, 0.15) is 0 Å². The van der Waals surface area contributed by atoms with Crippen LogP contribution in [0.15, 0.2) is 41.8 Å². The van der Waals surface area contributed by atoms with Crippen LogP contribution in [0.5, 0.6) is 0 Å². The Labute approximate surface area is 128 Å². The topological polar surface area (TPSA) is 40.5 Å². The first-order chi connectivity index (χ1) is 10.2. The van der Waals surface area contributed by atoms with Gasteiger partial charge >= 0.3 is 0 Å². The number of hydrogen-bond donors (Lipinski definition) is 1. The number of aliphatic hydroxyl groups is 1. The van der Waals surface area contributed by atoms with Crippen LogP contribution in [0, 0.1) is 5.92 Å². The first-order valence-corrected chi connectivity index (χ1v) is 8.15. The van der Waals surface area contributed by atoms with E-state index in [1.54, 1.807) is 0 Å². The highest BCUT2D eigenvalue weighted by molar-refractivity contribution is 7.12. The predicted octanol–water partition coefficient (Wildman–Crippen LogP) is 3.26. The molecule has 110 valence electrons. The second-order valence-corrected chi connectivity index (χ2v) is 6.46. The number of likely N-dealkylation sites (tertiary alicyclic amines) is 1. The van der Waals surface area contributed by atoms with Gasteiger partial charge < -0.3 is 10.0 Å². The maximum absolute atomic E-state index is 12.8. The standard InChI is InChI=1S/C17H19NO2S/c1-12-7-9-18(15(12)11-19)17(20)16-14(8-10-21-16)13-5-3-2-4-6-13/h2-6,8,10,12,15,19H,7,9,11H2,1H3. The van der Waals surface area contributed by atoms with E-state index >= 15 is 0 Å². The lowest BCUT2D eigenvalue weighted by molar-refractivity contribution is 0.0653. The van der Waals surface area contributed by atoms with Gasteiger partial charge in [-0.3, -0.25) is 4.79 Å². The lowest BCUT2D eigenvalue weighted by Gasteiger charge is -2.25. The first-order valence-electron chi connectivity index (χ1n) is 7.27. The maximum Gasteiger partial charge on any atom is 0.264 e. The van der Waals surface area contributed by atoms with Gasteiger partial charge in [-0.1, -0.05) is 37.3 Å². The van der Waals surface area contributed by atoms with Crippen LogP contribution >= 0.6 is 11.3 Å². The Hall–Kier alpha value is -1.65. The van der Waals surface area contributed by atoms with E-state index in [-0.39, 0.29) is 18.6 Å². The van der Waals surface area contributed by atoms with Crippen LogP contribution in [0.4, 0.5) is 0 Å². The van der Waals surface area contributed by atoms with Crippen LogP contribution in [-0.4, -0.2) is 35.1 Å². The van der Waals surface area contributed by atoms with Crippen molar-refractivity contribution in [2.24, 2.45) is 5.92 Å². The fraction of sp³-hybridized carbons (Fsp3) is 0.353. The second-order valence-electron chi connectivity index (χ2n) is 5.54. The van der Waals surface area contributed by atoms with Crippen LogP contribution in [0.25, 0.3) is 11.1 Å². The normalized spacial score (nSPS) is 21.7. The van der Waals surface area contributed by atoms with E-state index in [1.165, 1.54) is 11.3 Å². The van der Waals surface area contributed by atoms with Crippen LogP contribution in [0.1, 0.15) is 23.0 Å². The molecule has 1 aliphatic rings. The molecule has 3 rings (SSSR count). The van der Waals surface area contributed by atoms with Gasteiger partial charge in [0.15, 0.2) is 0 Å². The lowest BCUT2D eigenvalue weighted by Crippen LogP contribution is -2.39. The van der Waals surface area contributed by atoms with Crippen molar-refractivity contribution in [1.82, 2.24) is 4.90 Å². The molecule has 0 bridgehead atoms. The number of amides is 1. The SMILES string of the molecule is CC1CCN(C(=O)c2sccc2-c2ccccc2)C1CO. The van der Waals surface area contributed by atoms with Gasteiger partial charge in [-0.15, -0.1) is 11.3 Å². The minimum atomic E-state index is -0.0526. The number of hydrogen-bond acceptors (Lipinski definition) is 3. The van der Waals surface area contributed by atoms with Gasteiger partial charge in [0, 0.05) is 12.1 Å². The van der Waals surface area contributed by atoms with E-state index < -0.39 is 0 Å². The molecule has 2 aromatic rings. The van der Waals surface area contributed by atoms with Crippen molar-refractivity contribution < 1.29 is 9.90 Å². The molecule has 2 atom stereocenters. The van der Waals surface area contributed by atoms with E-state index in [0.29, 0.717) is 5.92 Å². The summed E-state index contributed by atoms with van der Waals surface area (Å²) in [4.78, 5) is 15.5. The van der Waals surface area contributed by atoms with Crippen molar-refractivity contribution in [3.05, 3.63) is 46.7 Å². The molecule has 2 heterocycles. The fourth-order valence-electron chi connectivity index (χ4n) is 2.99. The summed E-state index contributed by atoms with van der Waals surface area (Å²) in [5.41, 5.74) is 2.05. The third-order valence-electron chi connectivity index (χ3n) is 4.27. The zero-order valence-corrected chi connectivity index (χ0v) is 12.8. The maximum atomic E-state index is 12.8. The summed E-state index contributed by atoms with van der Waals surface area (Å²) in [6, 6.07) is 11.9. The summed E-state index contributed by atoms with van der Waals surface area (Å²) in [5, 5.41) is 11.5. The molecule has 1 fully saturated rings. The van der Waals surface area contributed by atoms with Crippen molar-refractivity contribution in [3.8, 4) is 11.1 Å². The van der Waals surface area contributed by atoms with Crippen molar-refractivity contribution in [1.29, 1.82) is 0 Å². The molecule has 1 N–H and O–H groups in total. The monoisotopic (exact) mass is 301 g/mol. The molecule has 1 amide bonds. The number of thiophene rings is 1. The zero-order chi connectivity index (χ0) is 14.8. The van der Waals surface area contributed by atoms with E-state index in [0.717, 1.165) is 29.0 Å². The van der Waals surface area contributed by atoms with Crippen molar-refractivity contribution in [3.63, 3.8) is 0 Å². The molecule has 21 heavy (non-hydrogen) atoms. The van der Waals surface area contributed by atoms with E-state index in [9.17, 15) is 9.90 Å². The molecule has 4 heteroatoms. The summed E-state index contributed by atoms with van der Waals surface area (Å²) >= 11 is 1.48. The summed E-state index contributed by atoms with van der Waals surface area (Å²) < 4.78 is 0. The van der Waals surface area contributed by atoms with E-state index in [4.69, 9.17) is 0 Å². The number of carbonyl (C=O) groups is 1. The quantitative estimate of drug-likeness (QED) is 0.945. The van der Waals surface area contributed by atoms with Gasteiger partial charge in [-0.2, -0.15) is 0 Å². The summed E-state index contributed by atoms with van der Waals surface area (Å²) in [5.74, 6) is 0.409. The van der Waals surface area contributed by atoms with E-state index in [1.807, 2.05) is 46.7 Å². The van der Waals surface area contributed by atoms with Crippen LogP contribution in [0.2, 0.25) is 0 Å². The molecule has 0 aliphatic carbocycles. The number of benzene rings is 1. The molecule has 1 aliphatic heterocycles. The highest BCUT2D eigenvalue weighted by Crippen LogP contribution is 2.32. The number of carbonyl (C=O) groups excluding carboxylic acids is 1. The molecule has 0 spiro atoms. The first kappa shape index (κ1) is 14.3. The van der Waals surface area contributed by atoms with Crippen LogP contribution < -0.4 is 0 Å². The highest BCUT2D eigenvalue weighted by atomic mass is 32.1. The fourth-order valence-corrected chi connectivity index (χ4v) is 3.86. The molecule has 2 unspecified atom stereocenters. The third kappa shape index (κ3) is 2.61. The zero-order valence-electron chi connectivity index (χ0n) is 12.0. The molecule has 0 radical (unpaired) electrons. The molecule has 1 saturated heterocycles. The van der Waals surface area contributed by atoms with Gasteiger partial charge in [0.25, 0.3) is 5.91 Å². The summed E-state index contributed by atoms with van der Waals surface area (Å²) in [6.45, 7) is 2.87. The average Bonchev–Trinajstić information content (AvgIpc) is 3.13. The number of nitrogens with zero attached hydrogens (tertiary/aromatic N) is 1. The van der Waals surface area contributed by atoms with Gasteiger partial charge in [0.2, 0.25) is 0 Å². The Morgan fingerprint density at radius 3 is 2.81 bits per heavy atom. The van der Waals surface area contributed by atoms with Gasteiger partial charge in [-0.05, 0) is 29.3 Å². The lowest BCUT2D eigenvalue weighted by atomic mass is 10.0. The molecular formula is C17H19NO2S. The average molecular weight is 301 g/mol. The Morgan fingerprint density at radius 2 is 2.10 bits per heavy atom. The van der Waals surface area contributed by atoms with Gasteiger partial charge in [0.05, 0.1) is 17.5 Å². The molecular weight excluding hydrogens is 282 g/mol. The second kappa shape index (κ2) is 6.00. The minimum Gasteiger partial charge on any atom is -0.394 e. The minimum absolute atomic E-state index is 0.0406. The van der Waals surface area contributed by atoms with Crippen molar-refractivity contribution in [2.75, 3.05) is 13.2 Å². The Bertz CT molecular complexity index is 623. The van der Waals surface area contributed by atoms with E-state index in [2.05, 4.69) is 6.92 Å². The smallest absolute Gasteiger partial charge is 0.264 e. The van der Waals surface area contributed by atoms with Crippen molar-refractivity contribution >= 4 is 17.2 Å². The molecule has 3 nitrogen and oxygen atoms in total. The number of aliphatic hydroxyl groups excluding tert-OH is 1. The predicted molar refractivity (Wildman–Crippen MR) is 85.4 cm³/mol. The Balaban J connectivity index is 1.92. The van der Waals surface area contributed by atoms with Gasteiger partial charge in [-0.25, -0.2) is 0 Å². The number of rotatable bonds is 3. The molecule has 1 aromatic heterocycles.